The Labute approximate surface area is 120 Å². The molecule has 0 amide bonds. The molecule has 1 atom stereocenters. The molecule has 106 valence electrons. The summed E-state index contributed by atoms with van der Waals surface area (Å²) in [5, 5.41) is 8.19. The molecule has 1 fully saturated rings. The summed E-state index contributed by atoms with van der Waals surface area (Å²) < 4.78 is 1.87. The van der Waals surface area contributed by atoms with Crippen LogP contribution in [0.4, 0.5) is 5.82 Å². The van der Waals surface area contributed by atoms with Gasteiger partial charge in [-0.05, 0) is 24.9 Å². The molecule has 1 unspecified atom stereocenters. The van der Waals surface area contributed by atoms with Gasteiger partial charge in [-0.1, -0.05) is 30.3 Å². The minimum atomic E-state index is 0.488. The van der Waals surface area contributed by atoms with Crippen molar-refractivity contribution < 1.29 is 0 Å². The summed E-state index contributed by atoms with van der Waals surface area (Å²) in [7, 11) is 1.97. The van der Waals surface area contributed by atoms with E-state index >= 15 is 0 Å². The van der Waals surface area contributed by atoms with Gasteiger partial charge in [-0.15, -0.1) is 0 Å². The second kappa shape index (κ2) is 6.09. The van der Waals surface area contributed by atoms with Crippen molar-refractivity contribution in [3.63, 3.8) is 0 Å². The zero-order valence-corrected chi connectivity index (χ0v) is 12.0. The van der Waals surface area contributed by atoms with Gasteiger partial charge < -0.3 is 10.2 Å². The lowest BCUT2D eigenvalue weighted by atomic mass is 10.1. The van der Waals surface area contributed by atoms with Crippen LogP contribution in [0.3, 0.4) is 0 Å². The molecule has 0 radical (unpaired) electrons. The number of rotatable bonds is 3. The van der Waals surface area contributed by atoms with Crippen molar-refractivity contribution in [3.8, 4) is 0 Å². The highest BCUT2D eigenvalue weighted by Crippen LogP contribution is 2.15. The first-order valence-corrected chi connectivity index (χ1v) is 7.33. The van der Waals surface area contributed by atoms with Crippen LogP contribution in [0.25, 0.3) is 0 Å². The van der Waals surface area contributed by atoms with E-state index < -0.39 is 0 Å². The molecule has 1 aliphatic heterocycles. The van der Waals surface area contributed by atoms with E-state index in [2.05, 4.69) is 51.7 Å². The average Bonchev–Trinajstić information content (AvgIpc) is 2.76. The standard InChI is InChI=1S/C16H22N4/c1-19-11-8-16(18-19)20-10-5-9-17-15(13-20)12-14-6-3-2-4-7-14/h2-4,6-8,11,15,17H,5,9-10,12-13H2,1H3. The van der Waals surface area contributed by atoms with Gasteiger partial charge in [0.1, 0.15) is 0 Å². The number of hydrogen-bond donors (Lipinski definition) is 1. The zero-order valence-electron chi connectivity index (χ0n) is 12.0. The van der Waals surface area contributed by atoms with Gasteiger partial charge >= 0.3 is 0 Å². The van der Waals surface area contributed by atoms with E-state index in [1.54, 1.807) is 0 Å². The van der Waals surface area contributed by atoms with Crippen LogP contribution in [0.5, 0.6) is 0 Å². The molecular weight excluding hydrogens is 248 g/mol. The highest BCUT2D eigenvalue weighted by molar-refractivity contribution is 5.37. The van der Waals surface area contributed by atoms with Gasteiger partial charge in [-0.2, -0.15) is 5.10 Å². The molecule has 20 heavy (non-hydrogen) atoms. The Balaban J connectivity index is 1.69. The molecule has 0 spiro atoms. The predicted octanol–water partition coefficient (Wildman–Crippen LogP) is 1.83. The zero-order chi connectivity index (χ0) is 13.8. The van der Waals surface area contributed by atoms with E-state index in [-0.39, 0.29) is 0 Å². The van der Waals surface area contributed by atoms with Crippen molar-refractivity contribution in [3.05, 3.63) is 48.2 Å². The fourth-order valence-electron chi connectivity index (χ4n) is 2.81. The molecule has 4 nitrogen and oxygen atoms in total. The highest BCUT2D eigenvalue weighted by atomic mass is 15.3. The van der Waals surface area contributed by atoms with Crippen LogP contribution >= 0.6 is 0 Å². The molecule has 3 rings (SSSR count). The first kappa shape index (κ1) is 13.2. The molecule has 1 aromatic carbocycles. The normalized spacial score (nSPS) is 19.9. The minimum Gasteiger partial charge on any atom is -0.354 e. The third-order valence-electron chi connectivity index (χ3n) is 3.83. The molecule has 4 heteroatoms. The first-order valence-electron chi connectivity index (χ1n) is 7.33. The summed E-state index contributed by atoms with van der Waals surface area (Å²) in [4.78, 5) is 2.40. The number of nitrogens with zero attached hydrogens (tertiary/aromatic N) is 3. The van der Waals surface area contributed by atoms with Gasteiger partial charge in [0, 0.05) is 38.4 Å². The molecule has 1 N–H and O–H groups in total. The average molecular weight is 270 g/mol. The Morgan fingerprint density at radius 1 is 1.25 bits per heavy atom. The van der Waals surface area contributed by atoms with E-state index in [1.807, 2.05) is 17.9 Å². The maximum Gasteiger partial charge on any atom is 0.150 e. The van der Waals surface area contributed by atoms with Crippen molar-refractivity contribution in [2.75, 3.05) is 24.5 Å². The van der Waals surface area contributed by atoms with Crippen molar-refractivity contribution >= 4 is 5.82 Å². The molecule has 1 aliphatic rings. The molecule has 0 bridgehead atoms. The Morgan fingerprint density at radius 2 is 2.10 bits per heavy atom. The number of benzene rings is 1. The number of nitrogens with one attached hydrogen (secondary N) is 1. The SMILES string of the molecule is Cn1ccc(N2CCCNC(Cc3ccccc3)C2)n1. The van der Waals surface area contributed by atoms with Gasteiger partial charge in [0.15, 0.2) is 5.82 Å². The lowest BCUT2D eigenvalue weighted by Gasteiger charge is -2.24. The van der Waals surface area contributed by atoms with Gasteiger partial charge in [-0.3, -0.25) is 4.68 Å². The molecular formula is C16H22N4. The summed E-state index contributed by atoms with van der Waals surface area (Å²) in [6, 6.07) is 13.3. The van der Waals surface area contributed by atoms with Crippen molar-refractivity contribution in [1.29, 1.82) is 0 Å². The van der Waals surface area contributed by atoms with Crippen molar-refractivity contribution in [2.45, 2.75) is 18.9 Å². The van der Waals surface area contributed by atoms with Crippen LogP contribution in [0.2, 0.25) is 0 Å². The maximum absolute atomic E-state index is 4.53. The van der Waals surface area contributed by atoms with Crippen LogP contribution in [0, 0.1) is 0 Å². The van der Waals surface area contributed by atoms with Crippen LogP contribution < -0.4 is 10.2 Å². The van der Waals surface area contributed by atoms with E-state index in [4.69, 9.17) is 0 Å². The van der Waals surface area contributed by atoms with Gasteiger partial charge in [0.2, 0.25) is 0 Å². The summed E-state index contributed by atoms with van der Waals surface area (Å²) >= 11 is 0. The maximum atomic E-state index is 4.53. The topological polar surface area (TPSA) is 33.1 Å². The lowest BCUT2D eigenvalue weighted by Crippen LogP contribution is -2.39. The third-order valence-corrected chi connectivity index (χ3v) is 3.83. The highest BCUT2D eigenvalue weighted by Gasteiger charge is 2.19. The van der Waals surface area contributed by atoms with Gasteiger partial charge in [-0.25, -0.2) is 0 Å². The summed E-state index contributed by atoms with van der Waals surface area (Å²) in [5.41, 5.74) is 1.40. The third kappa shape index (κ3) is 3.20. The van der Waals surface area contributed by atoms with Crippen LogP contribution in [0.1, 0.15) is 12.0 Å². The van der Waals surface area contributed by atoms with Crippen LogP contribution in [-0.2, 0) is 13.5 Å². The second-order valence-electron chi connectivity index (χ2n) is 5.49. The summed E-state index contributed by atoms with van der Waals surface area (Å²) in [6.07, 6.45) is 4.26. The van der Waals surface area contributed by atoms with E-state index in [9.17, 15) is 0 Å². The quantitative estimate of drug-likeness (QED) is 0.924. The fraction of sp³-hybridized carbons (Fsp3) is 0.438. The number of hydrogen-bond acceptors (Lipinski definition) is 3. The lowest BCUT2D eigenvalue weighted by molar-refractivity contribution is 0.538. The predicted molar refractivity (Wildman–Crippen MR) is 82.0 cm³/mol. The Kier molecular flexibility index (Phi) is 4.02. The molecule has 2 heterocycles. The Bertz CT molecular complexity index is 534. The summed E-state index contributed by atoms with van der Waals surface area (Å²) in [5.74, 6) is 1.09. The number of aryl methyl sites for hydroxylation is 1. The van der Waals surface area contributed by atoms with E-state index in [0.717, 1.165) is 31.9 Å². The monoisotopic (exact) mass is 270 g/mol. The fourth-order valence-corrected chi connectivity index (χ4v) is 2.81. The van der Waals surface area contributed by atoms with E-state index in [1.165, 1.54) is 12.0 Å². The largest absolute Gasteiger partial charge is 0.354 e. The molecule has 2 aromatic rings. The van der Waals surface area contributed by atoms with Crippen molar-refractivity contribution in [1.82, 2.24) is 15.1 Å². The Hall–Kier alpha value is -1.81. The minimum absolute atomic E-state index is 0.488. The van der Waals surface area contributed by atoms with Crippen LogP contribution in [-0.4, -0.2) is 35.5 Å². The smallest absolute Gasteiger partial charge is 0.150 e. The molecule has 0 aliphatic carbocycles. The molecule has 0 saturated carbocycles. The first-order chi connectivity index (χ1) is 9.81. The van der Waals surface area contributed by atoms with Crippen molar-refractivity contribution in [2.24, 2.45) is 7.05 Å². The van der Waals surface area contributed by atoms with Gasteiger partial charge in [0.05, 0.1) is 0 Å². The van der Waals surface area contributed by atoms with E-state index in [0.29, 0.717) is 6.04 Å². The number of anilines is 1. The van der Waals surface area contributed by atoms with Crippen LogP contribution in [0.15, 0.2) is 42.6 Å². The molecule has 1 aromatic heterocycles. The number of aromatic nitrogens is 2. The Morgan fingerprint density at radius 3 is 2.85 bits per heavy atom. The summed E-state index contributed by atoms with van der Waals surface area (Å²) in [6.45, 7) is 3.18. The second-order valence-corrected chi connectivity index (χ2v) is 5.49. The van der Waals surface area contributed by atoms with Gasteiger partial charge in [0.25, 0.3) is 0 Å². The molecule has 1 saturated heterocycles.